The van der Waals surface area contributed by atoms with Gasteiger partial charge in [-0.15, -0.1) is 0 Å². The third-order valence-corrected chi connectivity index (χ3v) is 2.82. The van der Waals surface area contributed by atoms with Crippen molar-refractivity contribution < 1.29 is 9.53 Å². The number of carbonyl (C=O) groups is 1. The number of carbonyl (C=O) groups excluding carboxylic acids is 1. The molecular formula is C15H17NO2. The van der Waals surface area contributed by atoms with E-state index in [1.54, 1.807) is 7.11 Å². The zero-order valence-corrected chi connectivity index (χ0v) is 10.5. The van der Waals surface area contributed by atoms with Crippen LogP contribution in [0, 0.1) is 0 Å². The monoisotopic (exact) mass is 243 g/mol. The number of fused-ring (bicyclic) bond motifs is 1. The molecule has 0 unspecified atom stereocenters. The second kappa shape index (κ2) is 6.17. The fourth-order valence-corrected chi connectivity index (χ4v) is 1.85. The lowest BCUT2D eigenvalue weighted by molar-refractivity contribution is 0.0949. The Labute approximate surface area is 107 Å². The maximum absolute atomic E-state index is 11.9. The average molecular weight is 243 g/mol. The van der Waals surface area contributed by atoms with Crippen LogP contribution in [0.15, 0.2) is 42.5 Å². The third-order valence-electron chi connectivity index (χ3n) is 2.82. The fraction of sp³-hybridized carbons (Fsp3) is 0.267. The van der Waals surface area contributed by atoms with Gasteiger partial charge in [-0.25, -0.2) is 0 Å². The van der Waals surface area contributed by atoms with E-state index in [1.165, 1.54) is 0 Å². The maximum Gasteiger partial charge on any atom is 0.251 e. The summed E-state index contributed by atoms with van der Waals surface area (Å²) in [6, 6.07) is 13.8. The zero-order chi connectivity index (χ0) is 12.8. The fourth-order valence-electron chi connectivity index (χ4n) is 1.85. The zero-order valence-electron chi connectivity index (χ0n) is 10.5. The summed E-state index contributed by atoms with van der Waals surface area (Å²) >= 11 is 0. The molecule has 2 aromatic rings. The predicted octanol–water partition coefficient (Wildman–Crippen LogP) is 2.61. The van der Waals surface area contributed by atoms with Gasteiger partial charge >= 0.3 is 0 Å². The molecule has 0 fully saturated rings. The first-order valence-corrected chi connectivity index (χ1v) is 6.07. The number of methoxy groups -OCH3 is 1. The highest BCUT2D eigenvalue weighted by atomic mass is 16.5. The molecule has 0 spiro atoms. The lowest BCUT2D eigenvalue weighted by atomic mass is 10.1. The third kappa shape index (κ3) is 3.08. The van der Waals surface area contributed by atoms with Crippen molar-refractivity contribution in [3.8, 4) is 0 Å². The van der Waals surface area contributed by atoms with Crippen molar-refractivity contribution in [1.82, 2.24) is 5.32 Å². The molecule has 2 rings (SSSR count). The van der Waals surface area contributed by atoms with E-state index in [-0.39, 0.29) is 5.91 Å². The van der Waals surface area contributed by atoms with Gasteiger partial charge in [0.05, 0.1) is 0 Å². The van der Waals surface area contributed by atoms with Crippen LogP contribution >= 0.6 is 0 Å². The Kier molecular flexibility index (Phi) is 4.31. The second-order valence-electron chi connectivity index (χ2n) is 4.16. The highest BCUT2D eigenvalue weighted by molar-refractivity contribution is 5.98. The molecule has 1 amide bonds. The quantitative estimate of drug-likeness (QED) is 0.820. The van der Waals surface area contributed by atoms with E-state index in [0.29, 0.717) is 18.7 Å². The highest BCUT2D eigenvalue weighted by Gasteiger charge is 2.05. The summed E-state index contributed by atoms with van der Waals surface area (Å²) in [5.41, 5.74) is 0.700. The Bertz CT molecular complexity index is 537. The van der Waals surface area contributed by atoms with Crippen molar-refractivity contribution in [3.05, 3.63) is 48.0 Å². The lowest BCUT2D eigenvalue weighted by Gasteiger charge is -2.06. The number of benzene rings is 2. The maximum atomic E-state index is 11.9. The summed E-state index contributed by atoms with van der Waals surface area (Å²) in [7, 11) is 1.66. The Morgan fingerprint density at radius 3 is 2.72 bits per heavy atom. The Morgan fingerprint density at radius 2 is 1.94 bits per heavy atom. The van der Waals surface area contributed by atoms with E-state index in [2.05, 4.69) is 5.32 Å². The van der Waals surface area contributed by atoms with Crippen molar-refractivity contribution >= 4 is 16.7 Å². The number of rotatable bonds is 5. The van der Waals surface area contributed by atoms with E-state index in [4.69, 9.17) is 4.74 Å². The van der Waals surface area contributed by atoms with Crippen LogP contribution in [-0.4, -0.2) is 26.2 Å². The van der Waals surface area contributed by atoms with Crippen molar-refractivity contribution in [2.45, 2.75) is 6.42 Å². The summed E-state index contributed by atoms with van der Waals surface area (Å²) < 4.78 is 4.94. The highest BCUT2D eigenvalue weighted by Crippen LogP contribution is 2.15. The van der Waals surface area contributed by atoms with Crippen LogP contribution in [-0.2, 0) is 4.74 Å². The van der Waals surface area contributed by atoms with Crippen LogP contribution in [0.4, 0.5) is 0 Å². The first kappa shape index (κ1) is 12.6. The summed E-state index contributed by atoms with van der Waals surface area (Å²) in [5.74, 6) is -0.0307. The van der Waals surface area contributed by atoms with Crippen LogP contribution < -0.4 is 5.32 Å². The number of nitrogens with one attached hydrogen (secondary N) is 1. The summed E-state index contributed by atoms with van der Waals surface area (Å²) in [6.45, 7) is 1.30. The van der Waals surface area contributed by atoms with Gasteiger partial charge in [0.15, 0.2) is 0 Å². The van der Waals surface area contributed by atoms with Crippen LogP contribution in [0.2, 0.25) is 0 Å². The average Bonchev–Trinajstić information content (AvgIpc) is 2.43. The smallest absolute Gasteiger partial charge is 0.251 e. The minimum Gasteiger partial charge on any atom is -0.385 e. The van der Waals surface area contributed by atoms with E-state index >= 15 is 0 Å². The van der Waals surface area contributed by atoms with Crippen molar-refractivity contribution in [1.29, 1.82) is 0 Å². The predicted molar refractivity (Wildman–Crippen MR) is 72.8 cm³/mol. The normalized spacial score (nSPS) is 10.5. The molecule has 0 radical (unpaired) electrons. The second-order valence-corrected chi connectivity index (χ2v) is 4.16. The minimum atomic E-state index is -0.0307. The summed E-state index contributed by atoms with van der Waals surface area (Å²) in [5, 5.41) is 5.11. The standard InChI is InChI=1S/C15H17NO2/c1-18-10-4-9-16-15(17)14-8-7-12-5-2-3-6-13(12)11-14/h2-3,5-8,11H,4,9-10H2,1H3,(H,16,17). The number of hydrogen-bond acceptors (Lipinski definition) is 2. The van der Waals surface area contributed by atoms with Crippen LogP contribution in [0.3, 0.4) is 0 Å². The first-order chi connectivity index (χ1) is 8.81. The van der Waals surface area contributed by atoms with Gasteiger partial charge in [0.1, 0.15) is 0 Å². The van der Waals surface area contributed by atoms with E-state index in [1.807, 2.05) is 42.5 Å². The minimum absolute atomic E-state index is 0.0307. The number of amides is 1. The molecule has 0 aliphatic carbocycles. The molecule has 18 heavy (non-hydrogen) atoms. The van der Waals surface area contributed by atoms with Crippen LogP contribution in [0.1, 0.15) is 16.8 Å². The van der Waals surface area contributed by atoms with Gasteiger partial charge < -0.3 is 10.1 Å². The van der Waals surface area contributed by atoms with Gasteiger partial charge in [0.25, 0.3) is 5.91 Å². The topological polar surface area (TPSA) is 38.3 Å². The molecule has 94 valence electrons. The first-order valence-electron chi connectivity index (χ1n) is 6.07. The molecule has 0 aliphatic rings. The molecular weight excluding hydrogens is 226 g/mol. The molecule has 0 atom stereocenters. The molecule has 0 bridgehead atoms. The van der Waals surface area contributed by atoms with Crippen LogP contribution in [0.25, 0.3) is 10.8 Å². The van der Waals surface area contributed by atoms with Gasteiger partial charge in [0.2, 0.25) is 0 Å². The molecule has 3 heteroatoms. The van der Waals surface area contributed by atoms with Gasteiger partial charge in [-0.05, 0) is 29.3 Å². The largest absolute Gasteiger partial charge is 0.385 e. The van der Waals surface area contributed by atoms with E-state index in [0.717, 1.165) is 17.2 Å². The van der Waals surface area contributed by atoms with Gasteiger partial charge in [-0.2, -0.15) is 0 Å². The van der Waals surface area contributed by atoms with Crippen LogP contribution in [0.5, 0.6) is 0 Å². The summed E-state index contributed by atoms with van der Waals surface area (Å²) in [6.07, 6.45) is 0.829. The van der Waals surface area contributed by atoms with E-state index in [9.17, 15) is 4.79 Å². The molecule has 2 aromatic carbocycles. The van der Waals surface area contributed by atoms with E-state index < -0.39 is 0 Å². The van der Waals surface area contributed by atoms with Crippen molar-refractivity contribution in [2.75, 3.05) is 20.3 Å². The number of ether oxygens (including phenoxy) is 1. The Balaban J connectivity index is 2.04. The molecule has 1 N–H and O–H groups in total. The Hall–Kier alpha value is -1.87. The molecule has 0 aromatic heterocycles. The van der Waals surface area contributed by atoms with Crippen molar-refractivity contribution in [3.63, 3.8) is 0 Å². The number of hydrogen-bond donors (Lipinski definition) is 1. The van der Waals surface area contributed by atoms with Gasteiger partial charge in [-0.1, -0.05) is 30.3 Å². The lowest BCUT2D eigenvalue weighted by Crippen LogP contribution is -2.25. The summed E-state index contributed by atoms with van der Waals surface area (Å²) in [4.78, 5) is 11.9. The molecule has 0 saturated carbocycles. The SMILES string of the molecule is COCCCNC(=O)c1ccc2ccccc2c1. The molecule has 0 heterocycles. The molecule has 3 nitrogen and oxygen atoms in total. The van der Waals surface area contributed by atoms with Crippen molar-refractivity contribution in [2.24, 2.45) is 0 Å². The van der Waals surface area contributed by atoms with Gasteiger partial charge in [0, 0.05) is 25.8 Å². The molecule has 0 saturated heterocycles. The van der Waals surface area contributed by atoms with Gasteiger partial charge in [-0.3, -0.25) is 4.79 Å². The Morgan fingerprint density at radius 1 is 1.17 bits per heavy atom. The molecule has 0 aliphatic heterocycles.